The smallest absolute Gasteiger partial charge is 0.407 e. The van der Waals surface area contributed by atoms with Crippen molar-refractivity contribution in [2.24, 2.45) is 22.9 Å². The van der Waals surface area contributed by atoms with E-state index >= 15 is 0 Å². The summed E-state index contributed by atoms with van der Waals surface area (Å²) in [5.74, 6) is 0. The number of nitrogens with two attached hydrogens (primary N) is 4. The molecule has 3 rings (SSSR count). The highest BCUT2D eigenvalue weighted by Gasteiger charge is 2.49. The van der Waals surface area contributed by atoms with Crippen molar-refractivity contribution in [1.82, 2.24) is 15.3 Å². The van der Waals surface area contributed by atoms with Crippen molar-refractivity contribution < 1.29 is 34.3 Å². The van der Waals surface area contributed by atoms with Crippen LogP contribution < -0.4 is 28.3 Å². The number of amides is 1. The number of aromatic nitrogens is 2. The van der Waals surface area contributed by atoms with Crippen LogP contribution in [0.4, 0.5) is 4.79 Å². The maximum absolute atomic E-state index is 12.3. The van der Waals surface area contributed by atoms with E-state index in [0.29, 0.717) is 6.42 Å². The first-order valence-electron chi connectivity index (χ1n) is 10.5. The SMILES string of the molecule is NC[C@H]1O[C@H](O[C@H]2[C@H](OC(=O)NCCc3cnc[nH]3)[C@@H](O)[C@H](N)C[C@@H]2N)[C@H](N)[C@@H](O)[C@@H]1O. The van der Waals surface area contributed by atoms with Gasteiger partial charge in [0, 0.05) is 43.5 Å². The highest BCUT2D eigenvalue weighted by molar-refractivity contribution is 5.67. The van der Waals surface area contributed by atoms with Crippen LogP contribution >= 0.6 is 0 Å². The number of carbonyl (C=O) groups is 1. The third kappa shape index (κ3) is 5.54. The predicted molar refractivity (Wildman–Crippen MR) is 110 cm³/mol. The number of hydrogen-bond donors (Lipinski definition) is 9. The molecule has 0 unspecified atom stereocenters. The van der Waals surface area contributed by atoms with Crippen molar-refractivity contribution in [1.29, 1.82) is 0 Å². The molecule has 1 amide bonds. The Kier molecular flexibility index (Phi) is 8.37. The largest absolute Gasteiger partial charge is 0.441 e. The Hall–Kier alpha value is -1.88. The minimum Gasteiger partial charge on any atom is -0.441 e. The van der Waals surface area contributed by atoms with Gasteiger partial charge in [0.15, 0.2) is 12.4 Å². The first kappa shape index (κ1) is 24.8. The summed E-state index contributed by atoms with van der Waals surface area (Å²) in [6.07, 6.45) is -5.29. The van der Waals surface area contributed by atoms with Crippen LogP contribution in [0, 0.1) is 0 Å². The Balaban J connectivity index is 1.65. The minimum absolute atomic E-state index is 0.0896. The summed E-state index contributed by atoms with van der Waals surface area (Å²) < 4.78 is 16.9. The van der Waals surface area contributed by atoms with Gasteiger partial charge in [0.05, 0.1) is 12.4 Å². The molecule has 13 N–H and O–H groups in total. The molecule has 32 heavy (non-hydrogen) atoms. The molecule has 0 spiro atoms. The molecule has 1 saturated heterocycles. The Morgan fingerprint density at radius 2 is 1.94 bits per heavy atom. The molecule has 1 aromatic rings. The zero-order chi connectivity index (χ0) is 23.4. The van der Waals surface area contributed by atoms with E-state index in [1.807, 2.05) is 0 Å². The number of carbonyl (C=O) groups excluding carboxylic acids is 1. The van der Waals surface area contributed by atoms with Crippen LogP contribution in [0.3, 0.4) is 0 Å². The van der Waals surface area contributed by atoms with Crippen LogP contribution in [0.1, 0.15) is 12.1 Å². The van der Waals surface area contributed by atoms with E-state index in [2.05, 4.69) is 15.3 Å². The summed E-state index contributed by atoms with van der Waals surface area (Å²) >= 11 is 0. The predicted octanol–water partition coefficient (Wildman–Crippen LogP) is -4.42. The highest BCUT2D eigenvalue weighted by atomic mass is 16.7. The van der Waals surface area contributed by atoms with Gasteiger partial charge in [-0.3, -0.25) is 0 Å². The molecular weight excluding hydrogens is 426 g/mol. The van der Waals surface area contributed by atoms with Crippen molar-refractivity contribution in [3.8, 4) is 0 Å². The third-order valence-electron chi connectivity index (χ3n) is 5.80. The van der Waals surface area contributed by atoms with Crippen molar-refractivity contribution in [3.05, 3.63) is 18.2 Å². The molecule has 10 atom stereocenters. The van der Waals surface area contributed by atoms with Crippen LogP contribution in [0.25, 0.3) is 0 Å². The molecule has 0 aromatic carbocycles. The summed E-state index contributed by atoms with van der Waals surface area (Å²) in [6, 6.07) is -2.61. The number of hydrogen-bond acceptors (Lipinski definition) is 12. The number of aromatic amines is 1. The Morgan fingerprint density at radius 3 is 2.59 bits per heavy atom. The number of ether oxygens (including phenoxy) is 3. The first-order chi connectivity index (χ1) is 15.2. The summed E-state index contributed by atoms with van der Waals surface area (Å²) in [5.41, 5.74) is 24.5. The second-order valence-corrected chi connectivity index (χ2v) is 8.12. The summed E-state index contributed by atoms with van der Waals surface area (Å²) in [6.45, 7) is 0.167. The van der Waals surface area contributed by atoms with Crippen molar-refractivity contribution in [2.45, 2.75) is 73.9 Å². The van der Waals surface area contributed by atoms with Gasteiger partial charge < -0.3 is 62.8 Å². The second kappa shape index (κ2) is 10.8. The fraction of sp³-hybridized carbons (Fsp3) is 0.778. The number of aliphatic hydroxyl groups is 3. The third-order valence-corrected chi connectivity index (χ3v) is 5.80. The van der Waals surface area contributed by atoms with Gasteiger partial charge >= 0.3 is 6.09 Å². The molecule has 14 nitrogen and oxygen atoms in total. The van der Waals surface area contributed by atoms with E-state index in [1.165, 1.54) is 6.33 Å². The van der Waals surface area contributed by atoms with Gasteiger partial charge in [-0.05, 0) is 6.42 Å². The molecule has 1 aromatic heterocycles. The molecule has 1 saturated carbocycles. The minimum atomic E-state index is -1.36. The Morgan fingerprint density at radius 1 is 1.19 bits per heavy atom. The lowest BCUT2D eigenvalue weighted by molar-refractivity contribution is -0.287. The molecule has 2 aliphatic rings. The number of nitrogens with zero attached hydrogens (tertiary/aromatic N) is 1. The topological polar surface area (TPSA) is 250 Å². The lowest BCUT2D eigenvalue weighted by Gasteiger charge is -2.46. The Bertz CT molecular complexity index is 725. The van der Waals surface area contributed by atoms with Crippen LogP contribution in [0.2, 0.25) is 0 Å². The molecule has 1 aliphatic heterocycles. The van der Waals surface area contributed by atoms with Gasteiger partial charge in [-0.15, -0.1) is 0 Å². The van der Waals surface area contributed by atoms with Gasteiger partial charge in [0.2, 0.25) is 0 Å². The molecular formula is C18H33N7O7. The molecule has 2 fully saturated rings. The average Bonchev–Trinajstić information content (AvgIpc) is 3.28. The summed E-state index contributed by atoms with van der Waals surface area (Å²) in [7, 11) is 0. The van der Waals surface area contributed by atoms with Gasteiger partial charge in [-0.2, -0.15) is 0 Å². The quantitative estimate of drug-likeness (QED) is 0.187. The lowest BCUT2D eigenvalue weighted by Crippen LogP contribution is -2.68. The molecule has 2 heterocycles. The van der Waals surface area contributed by atoms with E-state index in [1.54, 1.807) is 6.20 Å². The first-order valence-corrected chi connectivity index (χ1v) is 10.5. The van der Waals surface area contributed by atoms with E-state index in [0.717, 1.165) is 5.69 Å². The number of rotatable bonds is 7. The maximum atomic E-state index is 12.3. The van der Waals surface area contributed by atoms with Gasteiger partial charge in [-0.25, -0.2) is 9.78 Å². The molecule has 0 radical (unpaired) electrons. The number of aliphatic hydroxyl groups excluding tert-OH is 3. The average molecular weight is 460 g/mol. The van der Waals surface area contributed by atoms with E-state index < -0.39 is 67.1 Å². The summed E-state index contributed by atoms with van der Waals surface area (Å²) in [5, 5.41) is 33.4. The molecule has 14 heteroatoms. The normalized spacial score (nSPS) is 40.1. The fourth-order valence-corrected chi connectivity index (χ4v) is 3.90. The maximum Gasteiger partial charge on any atom is 0.407 e. The van der Waals surface area contributed by atoms with E-state index in [9.17, 15) is 20.1 Å². The number of imidazole rings is 1. The lowest BCUT2D eigenvalue weighted by atomic mass is 9.84. The highest BCUT2D eigenvalue weighted by Crippen LogP contribution is 2.28. The second-order valence-electron chi connectivity index (χ2n) is 8.12. The van der Waals surface area contributed by atoms with E-state index in [-0.39, 0.29) is 19.5 Å². The number of nitrogens with one attached hydrogen (secondary N) is 2. The van der Waals surface area contributed by atoms with Crippen LogP contribution in [0.5, 0.6) is 0 Å². The van der Waals surface area contributed by atoms with Crippen molar-refractivity contribution in [3.63, 3.8) is 0 Å². The molecule has 0 bridgehead atoms. The van der Waals surface area contributed by atoms with Gasteiger partial charge in [0.25, 0.3) is 0 Å². The monoisotopic (exact) mass is 459 g/mol. The molecule has 1 aliphatic carbocycles. The Labute approximate surface area is 184 Å². The number of alkyl carbamates (subject to hydrolysis) is 1. The van der Waals surface area contributed by atoms with Crippen LogP contribution in [-0.4, -0.2) is 106 Å². The van der Waals surface area contributed by atoms with Crippen LogP contribution in [-0.2, 0) is 20.6 Å². The fourth-order valence-electron chi connectivity index (χ4n) is 3.90. The molecule has 182 valence electrons. The van der Waals surface area contributed by atoms with Crippen LogP contribution in [0.15, 0.2) is 12.5 Å². The van der Waals surface area contributed by atoms with Gasteiger partial charge in [-0.1, -0.05) is 0 Å². The van der Waals surface area contributed by atoms with Crippen molar-refractivity contribution >= 4 is 6.09 Å². The van der Waals surface area contributed by atoms with Gasteiger partial charge in [0.1, 0.15) is 30.5 Å². The van der Waals surface area contributed by atoms with E-state index in [4.69, 9.17) is 37.1 Å². The van der Waals surface area contributed by atoms with Crippen molar-refractivity contribution in [2.75, 3.05) is 13.1 Å². The zero-order valence-corrected chi connectivity index (χ0v) is 17.5. The summed E-state index contributed by atoms with van der Waals surface area (Å²) in [4.78, 5) is 19.1. The standard InChI is InChI=1S/C18H33N7O7/c19-4-10-13(27)14(28)11(22)17(30-10)31-15-9(21)3-8(20)12(26)16(15)32-18(29)24-2-1-7-5-23-6-25-7/h5-6,8-17,26-28H,1-4,19-22H2,(H,23,25)(H,24,29)/t8-,9+,10-,11-,12+,13-,14-,15-,16-,17-/m1/s1. The zero-order valence-electron chi connectivity index (χ0n) is 17.5. The number of H-pyrrole nitrogens is 1.